The van der Waals surface area contributed by atoms with Gasteiger partial charge in [0, 0.05) is 47.7 Å². The second-order valence-electron chi connectivity index (χ2n) is 5.02. The molecule has 0 aromatic rings. The zero-order chi connectivity index (χ0) is 13.5. The van der Waals surface area contributed by atoms with E-state index in [4.69, 9.17) is 5.11 Å². The molecule has 19 heavy (non-hydrogen) atoms. The van der Waals surface area contributed by atoms with E-state index < -0.39 is 5.97 Å². The van der Waals surface area contributed by atoms with Crippen LogP contribution < -0.4 is 0 Å². The smallest absolute Gasteiger partial charge is 0.303 e. The first-order valence-corrected chi connectivity index (χ1v) is 7.64. The second kappa shape index (κ2) is 18.6. The summed E-state index contributed by atoms with van der Waals surface area (Å²) in [4.78, 5) is 10.3. The van der Waals surface area contributed by atoms with Gasteiger partial charge in [0.15, 0.2) is 0 Å². The molecule has 0 saturated heterocycles. The summed E-state index contributed by atoms with van der Waals surface area (Å²) in [6, 6.07) is 0. The van der Waals surface area contributed by atoms with Gasteiger partial charge in [0.25, 0.3) is 0 Å². The summed E-state index contributed by atoms with van der Waals surface area (Å²) in [7, 11) is 0. The van der Waals surface area contributed by atoms with E-state index in [1.807, 2.05) is 0 Å². The predicted octanol–water partition coefficient (Wildman–Crippen LogP) is 5.33. The molecule has 2 nitrogen and oxygen atoms in total. The molecule has 0 saturated carbocycles. The van der Waals surface area contributed by atoms with Gasteiger partial charge in [-0.1, -0.05) is 57.6 Å². The fraction of sp³-hybridized carbons (Fsp3) is 0.812. The van der Waals surface area contributed by atoms with Crippen LogP contribution in [0.1, 0.15) is 84.0 Å². The van der Waals surface area contributed by atoms with E-state index in [0.717, 1.165) is 12.8 Å². The SMILES string of the molecule is CCCCCC/C=C\CCCCCCCC(=O)O.[Pr]. The van der Waals surface area contributed by atoms with Crippen molar-refractivity contribution >= 4 is 5.97 Å². The number of carboxylic acid groups (broad SMARTS) is 1. The van der Waals surface area contributed by atoms with E-state index in [9.17, 15) is 4.79 Å². The first-order valence-electron chi connectivity index (χ1n) is 7.64. The van der Waals surface area contributed by atoms with Crippen LogP contribution in [0.2, 0.25) is 0 Å². The normalized spacial score (nSPS) is 10.6. The van der Waals surface area contributed by atoms with Gasteiger partial charge in [0.2, 0.25) is 0 Å². The van der Waals surface area contributed by atoms with Crippen LogP contribution in [-0.2, 0) is 4.79 Å². The first-order chi connectivity index (χ1) is 8.77. The molecule has 109 valence electrons. The van der Waals surface area contributed by atoms with Gasteiger partial charge in [-0.05, 0) is 32.1 Å². The summed E-state index contributed by atoms with van der Waals surface area (Å²) in [5.41, 5.74) is 0. The third kappa shape index (κ3) is 21.0. The van der Waals surface area contributed by atoms with Gasteiger partial charge in [-0.15, -0.1) is 0 Å². The maximum Gasteiger partial charge on any atom is 0.303 e. The molecule has 0 atom stereocenters. The minimum Gasteiger partial charge on any atom is -0.481 e. The summed E-state index contributed by atoms with van der Waals surface area (Å²) in [5, 5.41) is 8.48. The minimum absolute atomic E-state index is 0. The van der Waals surface area contributed by atoms with Gasteiger partial charge in [0.1, 0.15) is 0 Å². The summed E-state index contributed by atoms with van der Waals surface area (Å²) in [5.74, 6) is -0.666. The summed E-state index contributed by atoms with van der Waals surface area (Å²) < 4.78 is 0. The quantitative estimate of drug-likeness (QED) is 0.338. The molecule has 0 fully saturated rings. The fourth-order valence-electron chi connectivity index (χ4n) is 1.99. The number of rotatable bonds is 13. The van der Waals surface area contributed by atoms with Crippen molar-refractivity contribution in [2.24, 2.45) is 0 Å². The van der Waals surface area contributed by atoms with Crippen molar-refractivity contribution in [3.05, 3.63) is 12.2 Å². The number of hydrogen-bond acceptors (Lipinski definition) is 1. The summed E-state index contributed by atoms with van der Waals surface area (Å²) >= 11 is 0. The Hall–Kier alpha value is 0.574. The van der Waals surface area contributed by atoms with Crippen LogP contribution in [0, 0.1) is 41.3 Å². The molecule has 0 aromatic carbocycles. The van der Waals surface area contributed by atoms with Crippen molar-refractivity contribution in [2.75, 3.05) is 0 Å². The van der Waals surface area contributed by atoms with Crippen LogP contribution in [0.5, 0.6) is 0 Å². The molecule has 0 aliphatic carbocycles. The molecule has 0 heterocycles. The van der Waals surface area contributed by atoms with E-state index in [2.05, 4.69) is 19.1 Å². The molecule has 0 amide bonds. The van der Waals surface area contributed by atoms with E-state index in [1.165, 1.54) is 57.8 Å². The molecule has 0 aliphatic heterocycles. The van der Waals surface area contributed by atoms with Gasteiger partial charge in [-0.2, -0.15) is 0 Å². The predicted molar refractivity (Wildman–Crippen MR) is 77.9 cm³/mol. The van der Waals surface area contributed by atoms with Gasteiger partial charge < -0.3 is 5.11 Å². The Balaban J connectivity index is 0. The van der Waals surface area contributed by atoms with Crippen molar-refractivity contribution in [1.29, 1.82) is 0 Å². The van der Waals surface area contributed by atoms with Crippen LogP contribution in [-0.4, -0.2) is 11.1 Å². The van der Waals surface area contributed by atoms with Crippen LogP contribution in [0.15, 0.2) is 12.2 Å². The Kier molecular flexibility index (Phi) is 21.4. The van der Waals surface area contributed by atoms with Crippen LogP contribution in [0.25, 0.3) is 0 Å². The molecular weight excluding hydrogens is 365 g/mol. The van der Waals surface area contributed by atoms with Crippen molar-refractivity contribution in [3.8, 4) is 0 Å². The Labute approximate surface area is 152 Å². The number of unbranched alkanes of at least 4 members (excludes halogenated alkanes) is 9. The topological polar surface area (TPSA) is 37.3 Å². The third-order valence-electron chi connectivity index (χ3n) is 3.15. The molecule has 0 unspecified atom stereocenters. The second-order valence-corrected chi connectivity index (χ2v) is 5.02. The monoisotopic (exact) mass is 395 g/mol. The molecule has 1 N–H and O–H groups in total. The van der Waals surface area contributed by atoms with Crippen molar-refractivity contribution in [1.82, 2.24) is 0 Å². The number of aliphatic carboxylic acids is 1. The van der Waals surface area contributed by atoms with Crippen molar-refractivity contribution in [2.45, 2.75) is 84.0 Å². The Morgan fingerprint density at radius 3 is 1.84 bits per heavy atom. The Morgan fingerprint density at radius 1 is 0.842 bits per heavy atom. The molecule has 0 rings (SSSR count). The average Bonchev–Trinajstić information content (AvgIpc) is 2.34. The van der Waals surface area contributed by atoms with Crippen molar-refractivity contribution in [3.63, 3.8) is 0 Å². The minimum atomic E-state index is -0.666. The van der Waals surface area contributed by atoms with Crippen LogP contribution in [0.4, 0.5) is 0 Å². The molecule has 3 heteroatoms. The largest absolute Gasteiger partial charge is 0.481 e. The summed E-state index contributed by atoms with van der Waals surface area (Å²) in [6.07, 6.45) is 18.3. The third-order valence-corrected chi connectivity index (χ3v) is 3.15. The maximum atomic E-state index is 10.3. The average molecular weight is 395 g/mol. The van der Waals surface area contributed by atoms with Crippen molar-refractivity contribution < 1.29 is 51.2 Å². The zero-order valence-electron chi connectivity index (χ0n) is 12.6. The van der Waals surface area contributed by atoms with E-state index in [1.54, 1.807) is 0 Å². The first kappa shape index (κ1) is 21.9. The summed E-state index contributed by atoms with van der Waals surface area (Å²) in [6.45, 7) is 2.24. The molecule has 1 radical (unpaired) electrons. The number of carboxylic acids is 1. The number of allylic oxidation sites excluding steroid dienone is 2. The zero-order valence-corrected chi connectivity index (χ0v) is 16.3. The van der Waals surface area contributed by atoms with E-state index in [0.29, 0.717) is 6.42 Å². The number of carbonyl (C=O) groups is 1. The molecule has 0 spiro atoms. The molecular formula is C16H30O2Pr. The van der Waals surface area contributed by atoms with Crippen LogP contribution in [0.3, 0.4) is 0 Å². The van der Waals surface area contributed by atoms with Gasteiger partial charge in [0.05, 0.1) is 0 Å². The number of hydrogen-bond donors (Lipinski definition) is 1. The van der Waals surface area contributed by atoms with Gasteiger partial charge in [-0.3, -0.25) is 4.79 Å². The molecule has 0 aliphatic rings. The Morgan fingerprint density at radius 2 is 1.32 bits per heavy atom. The molecule has 0 bridgehead atoms. The maximum absolute atomic E-state index is 10.3. The van der Waals surface area contributed by atoms with E-state index >= 15 is 0 Å². The van der Waals surface area contributed by atoms with Gasteiger partial charge in [-0.25, -0.2) is 0 Å². The fourth-order valence-corrected chi connectivity index (χ4v) is 1.99. The van der Waals surface area contributed by atoms with Crippen LogP contribution >= 0.6 is 0 Å². The standard InChI is InChI=1S/C16H30O2.Pr/c1-2-3-4-5-6-7-8-9-10-11-12-13-14-15-16(17)18;/h7-8H,2-6,9-15H2,1H3,(H,17,18);/b8-7-;. The van der Waals surface area contributed by atoms with E-state index in [-0.39, 0.29) is 41.3 Å². The van der Waals surface area contributed by atoms with Gasteiger partial charge >= 0.3 is 5.97 Å². The Bertz CT molecular complexity index is 215. The molecule has 0 aromatic heterocycles.